The van der Waals surface area contributed by atoms with Crippen molar-refractivity contribution in [2.75, 3.05) is 24.6 Å². The second-order valence-corrected chi connectivity index (χ2v) is 6.14. The van der Waals surface area contributed by atoms with Gasteiger partial charge >= 0.3 is 6.18 Å². The van der Waals surface area contributed by atoms with Crippen LogP contribution in [0.15, 0.2) is 23.2 Å². The van der Waals surface area contributed by atoms with E-state index in [0.717, 1.165) is 36.7 Å². The molecule has 1 saturated heterocycles. The third-order valence-corrected chi connectivity index (χ3v) is 4.22. The summed E-state index contributed by atoms with van der Waals surface area (Å²) in [6.45, 7) is 1.31. The molecule has 134 valence electrons. The lowest BCUT2D eigenvalue weighted by Gasteiger charge is -2.27. The number of aliphatic imine (C=N–C) groups is 1. The predicted octanol–water partition coefficient (Wildman–Crippen LogP) is 3.10. The highest BCUT2D eigenvalue weighted by Gasteiger charge is 2.32. The highest BCUT2D eigenvalue weighted by Crippen LogP contribution is 2.32. The molecule has 24 heavy (non-hydrogen) atoms. The highest BCUT2D eigenvalue weighted by atomic mass is 127. The largest absolute Gasteiger partial charge is 0.416 e. The van der Waals surface area contributed by atoms with Crippen LogP contribution in [0, 0.1) is 10.1 Å². The van der Waals surface area contributed by atoms with Gasteiger partial charge in [0, 0.05) is 36.7 Å². The zero-order valence-corrected chi connectivity index (χ0v) is 15.6. The Balaban J connectivity index is 0.00000288. The molecular formula is C13H16F3IN4O2S. The summed E-state index contributed by atoms with van der Waals surface area (Å²) in [6, 6.07) is 2.45. The minimum Gasteiger partial charge on any atom is -0.370 e. The van der Waals surface area contributed by atoms with Crippen LogP contribution < -0.4 is 5.73 Å². The van der Waals surface area contributed by atoms with E-state index in [0.29, 0.717) is 6.07 Å². The summed E-state index contributed by atoms with van der Waals surface area (Å²) in [5.41, 5.74) is 4.25. The number of benzene rings is 1. The van der Waals surface area contributed by atoms with Crippen molar-refractivity contribution >= 4 is 47.4 Å². The Bertz CT molecular complexity index is 622. The van der Waals surface area contributed by atoms with Gasteiger partial charge in [-0.25, -0.2) is 4.99 Å². The molecule has 0 bridgehead atoms. The summed E-state index contributed by atoms with van der Waals surface area (Å²) in [5, 5.41) is 10.8. The first-order valence-electron chi connectivity index (χ1n) is 6.75. The maximum Gasteiger partial charge on any atom is 0.416 e. The Kier molecular flexibility index (Phi) is 7.57. The van der Waals surface area contributed by atoms with Crippen molar-refractivity contribution in [2.24, 2.45) is 10.7 Å². The van der Waals surface area contributed by atoms with Gasteiger partial charge in [0.05, 0.1) is 17.0 Å². The lowest BCUT2D eigenvalue weighted by Crippen LogP contribution is -2.42. The maximum atomic E-state index is 12.8. The normalized spacial score (nSPS) is 15.8. The van der Waals surface area contributed by atoms with Crippen molar-refractivity contribution in [3.05, 3.63) is 39.4 Å². The molecular weight excluding hydrogens is 460 g/mol. The Morgan fingerprint density at radius 2 is 1.96 bits per heavy atom. The minimum absolute atomic E-state index is 0. The van der Waals surface area contributed by atoms with Crippen molar-refractivity contribution in [1.29, 1.82) is 0 Å². The lowest BCUT2D eigenvalue weighted by molar-refractivity contribution is -0.385. The quantitative estimate of drug-likeness (QED) is 0.238. The van der Waals surface area contributed by atoms with E-state index in [1.54, 1.807) is 11.8 Å². The lowest BCUT2D eigenvalue weighted by atomic mass is 10.1. The van der Waals surface area contributed by atoms with Crippen LogP contribution in [-0.2, 0) is 12.7 Å². The van der Waals surface area contributed by atoms with Crippen LogP contribution in [0.5, 0.6) is 0 Å². The molecule has 11 heteroatoms. The van der Waals surface area contributed by atoms with Gasteiger partial charge in [-0.2, -0.15) is 24.9 Å². The van der Waals surface area contributed by atoms with Crippen molar-refractivity contribution < 1.29 is 18.1 Å². The van der Waals surface area contributed by atoms with Crippen LogP contribution in [-0.4, -0.2) is 40.4 Å². The Morgan fingerprint density at radius 1 is 1.33 bits per heavy atom. The Hall–Kier alpha value is -1.24. The molecule has 6 nitrogen and oxygen atoms in total. The second kappa shape index (κ2) is 8.74. The summed E-state index contributed by atoms with van der Waals surface area (Å²) in [7, 11) is 0. The Labute approximate surface area is 157 Å². The van der Waals surface area contributed by atoms with E-state index in [1.807, 2.05) is 4.90 Å². The molecule has 1 aromatic rings. The van der Waals surface area contributed by atoms with Gasteiger partial charge in [-0.05, 0) is 11.6 Å². The number of nitrogens with zero attached hydrogens (tertiary/aromatic N) is 3. The van der Waals surface area contributed by atoms with Crippen molar-refractivity contribution in [3.63, 3.8) is 0 Å². The molecule has 1 aromatic carbocycles. The standard InChI is InChI=1S/C13H15F3N4O2S.HI/c14-13(15,16)10-5-9(6-11(7-10)20(21)22)8-18-12(17)19-1-3-23-4-2-19;/h5-7H,1-4,8H2,(H2,17,18);1H. The molecule has 0 radical (unpaired) electrons. The average molecular weight is 476 g/mol. The van der Waals surface area contributed by atoms with Crippen molar-refractivity contribution in [1.82, 2.24) is 4.90 Å². The molecule has 2 N–H and O–H groups in total. The fourth-order valence-corrected chi connectivity index (χ4v) is 3.00. The summed E-state index contributed by atoms with van der Waals surface area (Å²) in [6.07, 6.45) is -4.65. The van der Waals surface area contributed by atoms with Crippen LogP contribution in [0.1, 0.15) is 11.1 Å². The molecule has 0 spiro atoms. The van der Waals surface area contributed by atoms with E-state index in [-0.39, 0.29) is 42.0 Å². The van der Waals surface area contributed by atoms with Gasteiger partial charge < -0.3 is 10.6 Å². The molecule has 1 heterocycles. The molecule has 1 aliphatic heterocycles. The number of alkyl halides is 3. The summed E-state index contributed by atoms with van der Waals surface area (Å²) in [4.78, 5) is 15.8. The number of guanidine groups is 1. The molecule has 1 fully saturated rings. The number of nitrogens with two attached hydrogens (primary N) is 1. The van der Waals surface area contributed by atoms with Crippen LogP contribution in [0.4, 0.5) is 18.9 Å². The van der Waals surface area contributed by atoms with Gasteiger partial charge in [-0.1, -0.05) is 0 Å². The Morgan fingerprint density at radius 3 is 2.50 bits per heavy atom. The maximum absolute atomic E-state index is 12.8. The van der Waals surface area contributed by atoms with E-state index in [2.05, 4.69) is 4.99 Å². The fraction of sp³-hybridized carbons (Fsp3) is 0.462. The van der Waals surface area contributed by atoms with E-state index < -0.39 is 22.4 Å². The third-order valence-electron chi connectivity index (χ3n) is 3.27. The molecule has 0 amide bonds. The fourth-order valence-electron chi connectivity index (χ4n) is 2.10. The average Bonchev–Trinajstić information content (AvgIpc) is 2.52. The van der Waals surface area contributed by atoms with Gasteiger partial charge in [0.1, 0.15) is 0 Å². The number of halogens is 4. The highest BCUT2D eigenvalue weighted by molar-refractivity contribution is 14.0. The number of nitro benzene ring substituents is 1. The SMILES string of the molecule is I.NC(=NCc1cc([N+](=O)[O-])cc(C(F)(F)F)c1)N1CCSCC1. The van der Waals surface area contributed by atoms with Crippen LogP contribution >= 0.6 is 35.7 Å². The van der Waals surface area contributed by atoms with E-state index in [1.165, 1.54) is 0 Å². The predicted molar refractivity (Wildman–Crippen MR) is 97.7 cm³/mol. The molecule has 0 saturated carbocycles. The molecule has 0 aliphatic carbocycles. The second-order valence-electron chi connectivity index (χ2n) is 4.92. The number of nitro groups is 1. The van der Waals surface area contributed by atoms with E-state index in [9.17, 15) is 23.3 Å². The third kappa shape index (κ3) is 5.69. The van der Waals surface area contributed by atoms with Crippen LogP contribution in [0.2, 0.25) is 0 Å². The zero-order valence-electron chi connectivity index (χ0n) is 12.5. The smallest absolute Gasteiger partial charge is 0.370 e. The summed E-state index contributed by atoms with van der Waals surface area (Å²) >= 11 is 1.79. The minimum atomic E-state index is -4.65. The number of non-ortho nitro benzene ring substituents is 1. The van der Waals surface area contributed by atoms with Gasteiger partial charge in [0.2, 0.25) is 0 Å². The molecule has 0 atom stereocenters. The van der Waals surface area contributed by atoms with Crippen molar-refractivity contribution in [2.45, 2.75) is 12.7 Å². The van der Waals surface area contributed by atoms with Crippen LogP contribution in [0.3, 0.4) is 0 Å². The van der Waals surface area contributed by atoms with Gasteiger partial charge in [0.25, 0.3) is 5.69 Å². The molecule has 1 aliphatic rings. The topological polar surface area (TPSA) is 84.8 Å². The first-order valence-corrected chi connectivity index (χ1v) is 7.91. The molecule has 0 unspecified atom stereocenters. The first-order chi connectivity index (χ1) is 10.8. The molecule has 2 rings (SSSR count). The van der Waals surface area contributed by atoms with Gasteiger partial charge in [-0.3, -0.25) is 10.1 Å². The summed E-state index contributed by atoms with van der Waals surface area (Å²) < 4.78 is 38.4. The van der Waals surface area contributed by atoms with Gasteiger partial charge in [-0.15, -0.1) is 24.0 Å². The number of thioether (sulfide) groups is 1. The number of hydrogen-bond acceptors (Lipinski definition) is 4. The monoisotopic (exact) mass is 476 g/mol. The van der Waals surface area contributed by atoms with Crippen molar-refractivity contribution in [3.8, 4) is 0 Å². The van der Waals surface area contributed by atoms with E-state index >= 15 is 0 Å². The summed E-state index contributed by atoms with van der Waals surface area (Å²) in [5.74, 6) is 2.06. The number of hydrogen-bond donors (Lipinski definition) is 1. The van der Waals surface area contributed by atoms with Crippen LogP contribution in [0.25, 0.3) is 0 Å². The zero-order chi connectivity index (χ0) is 17.0. The number of rotatable bonds is 3. The molecule has 0 aromatic heterocycles. The van der Waals surface area contributed by atoms with E-state index in [4.69, 9.17) is 5.73 Å². The van der Waals surface area contributed by atoms with Gasteiger partial charge in [0.15, 0.2) is 5.96 Å². The first kappa shape index (κ1) is 20.8.